The van der Waals surface area contributed by atoms with Crippen molar-refractivity contribution >= 4 is 23.7 Å². The Morgan fingerprint density at radius 3 is 2.34 bits per heavy atom. The monoisotopic (exact) mass is 474 g/mol. The number of fused-ring (bicyclic) bond motifs is 3. The zero-order chi connectivity index (χ0) is 24.5. The van der Waals surface area contributed by atoms with Gasteiger partial charge in [0.15, 0.2) is 0 Å². The van der Waals surface area contributed by atoms with E-state index in [0.29, 0.717) is 13.1 Å². The van der Waals surface area contributed by atoms with Crippen molar-refractivity contribution in [3.8, 4) is 11.1 Å². The Morgan fingerprint density at radius 1 is 1.03 bits per heavy atom. The van der Waals surface area contributed by atoms with Crippen LogP contribution in [0.15, 0.2) is 65.3 Å². The van der Waals surface area contributed by atoms with Crippen molar-refractivity contribution in [2.24, 2.45) is 11.8 Å². The molecule has 1 fully saturated rings. The number of aliphatic carboxylic acids is 1. The van der Waals surface area contributed by atoms with Gasteiger partial charge in [0.25, 0.3) is 5.91 Å². The number of carbonyl (C=O) groups excluding carboxylic acids is 2. The molecule has 2 atom stereocenters. The molecule has 35 heavy (non-hydrogen) atoms. The summed E-state index contributed by atoms with van der Waals surface area (Å²) < 4.78 is 11.0. The first-order chi connectivity index (χ1) is 16.9. The van der Waals surface area contributed by atoms with Gasteiger partial charge in [0, 0.05) is 25.1 Å². The van der Waals surface area contributed by atoms with Crippen LogP contribution in [-0.2, 0) is 9.53 Å². The Balaban J connectivity index is 1.24. The van der Waals surface area contributed by atoms with Gasteiger partial charge in [-0.1, -0.05) is 55.5 Å². The topological polar surface area (TPSA) is 109 Å². The molecule has 2 aromatic carbocycles. The highest BCUT2D eigenvalue weighted by Gasteiger charge is 2.36. The molecule has 5 rings (SSSR count). The van der Waals surface area contributed by atoms with E-state index in [1.54, 1.807) is 4.90 Å². The number of carboxylic acid groups (broad SMARTS) is 1. The van der Waals surface area contributed by atoms with Crippen LogP contribution in [0.3, 0.4) is 0 Å². The minimum absolute atomic E-state index is 0.00156. The maximum absolute atomic E-state index is 13.0. The van der Waals surface area contributed by atoms with Gasteiger partial charge in [-0.25, -0.2) is 4.79 Å². The minimum Gasteiger partial charge on any atom is -0.481 e. The van der Waals surface area contributed by atoms with E-state index in [2.05, 4.69) is 17.4 Å². The number of nitrogens with zero attached hydrogens (tertiary/aromatic N) is 1. The van der Waals surface area contributed by atoms with Gasteiger partial charge in [0.2, 0.25) is 5.76 Å². The lowest BCUT2D eigenvalue weighted by atomic mass is 9.95. The van der Waals surface area contributed by atoms with Crippen molar-refractivity contribution in [1.82, 2.24) is 4.90 Å². The number of hydrogen-bond donors (Lipinski definition) is 2. The number of amides is 2. The second-order valence-corrected chi connectivity index (χ2v) is 9.16. The van der Waals surface area contributed by atoms with Crippen molar-refractivity contribution in [2.45, 2.75) is 19.3 Å². The molecular formula is C27H26N2O6. The zero-order valence-electron chi connectivity index (χ0n) is 19.3. The SMILES string of the molecule is C[C@@H]1CN(C(=O)c2occc2NC(=O)OCC2c3ccccc3-c3ccccc32)C[C@H]1CC(=O)O. The Bertz CT molecular complexity index is 1240. The van der Waals surface area contributed by atoms with Crippen LogP contribution in [0, 0.1) is 11.8 Å². The number of furan rings is 1. The summed E-state index contributed by atoms with van der Waals surface area (Å²) in [4.78, 5) is 38.3. The highest BCUT2D eigenvalue weighted by molar-refractivity contribution is 6.00. The molecule has 0 bridgehead atoms. The first kappa shape index (κ1) is 22.7. The highest BCUT2D eigenvalue weighted by Crippen LogP contribution is 2.44. The molecule has 2 amide bonds. The summed E-state index contributed by atoms with van der Waals surface area (Å²) in [7, 11) is 0. The van der Waals surface area contributed by atoms with E-state index in [9.17, 15) is 14.4 Å². The van der Waals surface area contributed by atoms with E-state index in [1.807, 2.05) is 43.3 Å². The summed E-state index contributed by atoms with van der Waals surface area (Å²) in [6, 6.07) is 17.7. The number of nitrogens with one attached hydrogen (secondary N) is 1. The Hall–Kier alpha value is -4.07. The van der Waals surface area contributed by atoms with Crippen LogP contribution in [0.25, 0.3) is 11.1 Å². The molecule has 1 aliphatic carbocycles. The fourth-order valence-electron chi connectivity index (χ4n) is 5.15. The smallest absolute Gasteiger partial charge is 0.411 e. The standard InChI is InChI=1S/C27H26N2O6/c1-16-13-29(14-17(16)12-24(30)31)26(32)25-23(10-11-34-25)28-27(33)35-15-22-20-8-4-2-6-18(20)19-7-3-5-9-21(19)22/h2-11,16-17,22H,12-15H2,1H3,(H,28,33)(H,30,31)/t16-,17-/m1/s1. The molecule has 2 heterocycles. The fourth-order valence-corrected chi connectivity index (χ4v) is 5.15. The molecule has 0 radical (unpaired) electrons. The van der Waals surface area contributed by atoms with Gasteiger partial charge in [0.05, 0.1) is 18.4 Å². The summed E-state index contributed by atoms with van der Waals surface area (Å²) >= 11 is 0. The second-order valence-electron chi connectivity index (χ2n) is 9.16. The lowest BCUT2D eigenvalue weighted by Gasteiger charge is -2.16. The molecule has 1 aromatic heterocycles. The van der Waals surface area contributed by atoms with E-state index in [4.69, 9.17) is 14.3 Å². The molecule has 0 saturated carbocycles. The van der Waals surface area contributed by atoms with Gasteiger partial charge < -0.3 is 19.2 Å². The number of ether oxygens (including phenoxy) is 1. The molecular weight excluding hydrogens is 448 g/mol. The summed E-state index contributed by atoms with van der Waals surface area (Å²) in [6.45, 7) is 2.85. The molecule has 8 heteroatoms. The minimum atomic E-state index is -0.883. The molecule has 0 spiro atoms. The van der Waals surface area contributed by atoms with E-state index in [1.165, 1.54) is 12.3 Å². The van der Waals surface area contributed by atoms with Gasteiger partial charge in [0.1, 0.15) is 6.61 Å². The Morgan fingerprint density at radius 2 is 1.69 bits per heavy atom. The number of benzene rings is 2. The average Bonchev–Trinajstić information content (AvgIpc) is 3.53. The Kier molecular flexibility index (Phi) is 6.03. The number of rotatable bonds is 6. The Labute approximate surface area is 202 Å². The maximum atomic E-state index is 13.0. The molecule has 180 valence electrons. The maximum Gasteiger partial charge on any atom is 0.411 e. The first-order valence-corrected chi connectivity index (χ1v) is 11.6. The van der Waals surface area contributed by atoms with Crippen LogP contribution in [-0.4, -0.2) is 47.7 Å². The van der Waals surface area contributed by atoms with Gasteiger partial charge in [-0.05, 0) is 34.1 Å². The lowest BCUT2D eigenvalue weighted by Crippen LogP contribution is -2.30. The van der Waals surface area contributed by atoms with Crippen molar-refractivity contribution in [2.75, 3.05) is 25.0 Å². The predicted molar refractivity (Wildman–Crippen MR) is 128 cm³/mol. The highest BCUT2D eigenvalue weighted by atomic mass is 16.5. The molecule has 2 aliphatic rings. The second kappa shape index (κ2) is 9.29. The van der Waals surface area contributed by atoms with Crippen LogP contribution in [0.5, 0.6) is 0 Å². The van der Waals surface area contributed by atoms with E-state index in [-0.39, 0.29) is 48.1 Å². The number of hydrogen-bond acceptors (Lipinski definition) is 5. The van der Waals surface area contributed by atoms with Crippen LogP contribution >= 0.6 is 0 Å². The lowest BCUT2D eigenvalue weighted by molar-refractivity contribution is -0.138. The third kappa shape index (κ3) is 4.39. The number of carboxylic acids is 1. The fraction of sp³-hybridized carbons (Fsp3) is 0.296. The number of carbonyl (C=O) groups is 3. The van der Waals surface area contributed by atoms with Crippen molar-refractivity contribution < 1.29 is 28.6 Å². The van der Waals surface area contributed by atoms with Gasteiger partial charge in [-0.2, -0.15) is 0 Å². The van der Waals surface area contributed by atoms with Crippen LogP contribution < -0.4 is 5.32 Å². The third-order valence-corrected chi connectivity index (χ3v) is 6.93. The van der Waals surface area contributed by atoms with E-state index < -0.39 is 12.1 Å². The molecule has 1 saturated heterocycles. The summed E-state index contributed by atoms with van der Waals surface area (Å²) in [6.07, 6.45) is 0.662. The third-order valence-electron chi connectivity index (χ3n) is 6.93. The van der Waals surface area contributed by atoms with E-state index >= 15 is 0 Å². The summed E-state index contributed by atoms with van der Waals surface area (Å²) in [5, 5.41) is 11.7. The van der Waals surface area contributed by atoms with E-state index in [0.717, 1.165) is 22.3 Å². The quantitative estimate of drug-likeness (QED) is 0.530. The average molecular weight is 475 g/mol. The van der Waals surface area contributed by atoms with Gasteiger partial charge >= 0.3 is 12.1 Å². The van der Waals surface area contributed by atoms with Gasteiger partial charge in [-0.15, -0.1) is 0 Å². The van der Waals surface area contributed by atoms with Crippen LogP contribution in [0.2, 0.25) is 0 Å². The van der Waals surface area contributed by atoms with Gasteiger partial charge in [-0.3, -0.25) is 14.9 Å². The van der Waals surface area contributed by atoms with Crippen molar-refractivity contribution in [1.29, 1.82) is 0 Å². The predicted octanol–water partition coefficient (Wildman–Crippen LogP) is 4.82. The molecule has 0 unspecified atom stereocenters. The first-order valence-electron chi connectivity index (χ1n) is 11.6. The van der Waals surface area contributed by atoms with Crippen molar-refractivity contribution in [3.63, 3.8) is 0 Å². The zero-order valence-corrected chi connectivity index (χ0v) is 19.3. The van der Waals surface area contributed by atoms with Crippen LogP contribution in [0.1, 0.15) is 40.9 Å². The molecule has 3 aromatic rings. The van der Waals surface area contributed by atoms with Crippen LogP contribution in [0.4, 0.5) is 10.5 Å². The molecule has 8 nitrogen and oxygen atoms in total. The summed E-state index contributed by atoms with van der Waals surface area (Å²) in [5.41, 5.74) is 4.72. The number of anilines is 1. The largest absolute Gasteiger partial charge is 0.481 e. The summed E-state index contributed by atoms with van der Waals surface area (Å²) in [5.74, 6) is -1.40. The van der Waals surface area contributed by atoms with Crippen molar-refractivity contribution in [3.05, 3.63) is 77.7 Å². The normalized spacial score (nSPS) is 18.7. The number of likely N-dealkylation sites (tertiary alicyclic amines) is 1. The molecule has 1 aliphatic heterocycles. The molecule has 2 N–H and O–H groups in total.